The molecule has 1 aromatic carbocycles. The lowest BCUT2D eigenvalue weighted by molar-refractivity contribution is -0.150. The van der Waals surface area contributed by atoms with Gasteiger partial charge in [-0.05, 0) is 24.6 Å². The Labute approximate surface area is 97.8 Å². The van der Waals surface area contributed by atoms with E-state index in [-0.39, 0.29) is 10.8 Å². The first-order chi connectivity index (χ1) is 7.47. The van der Waals surface area contributed by atoms with Crippen LogP contribution in [0.25, 0.3) is 0 Å². The van der Waals surface area contributed by atoms with Crippen molar-refractivity contribution in [1.82, 2.24) is 0 Å². The zero-order chi connectivity index (χ0) is 12.3. The summed E-state index contributed by atoms with van der Waals surface area (Å²) in [6.45, 7) is 1.39. The van der Waals surface area contributed by atoms with Gasteiger partial charge in [0.1, 0.15) is 0 Å². The van der Waals surface area contributed by atoms with Gasteiger partial charge in [-0.1, -0.05) is 17.7 Å². The third-order valence-corrected chi connectivity index (χ3v) is 2.43. The van der Waals surface area contributed by atoms with E-state index in [1.165, 1.54) is 32.2 Å². The Morgan fingerprint density at radius 3 is 2.50 bits per heavy atom. The highest BCUT2D eigenvalue weighted by atomic mass is 35.5. The smallest absolute Gasteiger partial charge is 0.339 e. The molecular formula is C11H11ClO4. The summed E-state index contributed by atoms with van der Waals surface area (Å²) in [6, 6.07) is 4.30. The first-order valence-electron chi connectivity index (χ1n) is 4.53. The molecule has 0 amide bonds. The highest BCUT2D eigenvalue weighted by Gasteiger charge is 2.19. The van der Waals surface area contributed by atoms with Crippen molar-refractivity contribution in [3.63, 3.8) is 0 Å². The molecular weight excluding hydrogens is 232 g/mol. The molecule has 0 aliphatic rings. The van der Waals surface area contributed by atoms with Gasteiger partial charge in [0.15, 0.2) is 11.9 Å². The summed E-state index contributed by atoms with van der Waals surface area (Å²) in [5.41, 5.74) is 0.643. The van der Waals surface area contributed by atoms with Crippen molar-refractivity contribution in [3.05, 3.63) is 34.3 Å². The van der Waals surface area contributed by atoms with E-state index < -0.39 is 12.1 Å². The van der Waals surface area contributed by atoms with E-state index in [2.05, 4.69) is 4.74 Å². The lowest BCUT2D eigenvalue weighted by atomic mass is 10.1. The van der Waals surface area contributed by atoms with Gasteiger partial charge in [-0.3, -0.25) is 4.79 Å². The number of Topliss-reactive ketones (excluding diaryl/α,β-unsaturated/α-hetero) is 1. The third-order valence-electron chi connectivity index (χ3n) is 2.11. The molecule has 0 bridgehead atoms. The van der Waals surface area contributed by atoms with Crippen molar-refractivity contribution in [2.75, 3.05) is 7.11 Å². The second-order valence-electron chi connectivity index (χ2n) is 3.22. The fraction of sp³-hybridized carbons (Fsp3) is 0.273. The van der Waals surface area contributed by atoms with E-state index in [4.69, 9.17) is 11.6 Å². The molecule has 1 atom stereocenters. The van der Waals surface area contributed by atoms with Crippen molar-refractivity contribution in [2.45, 2.75) is 13.0 Å². The Hall–Kier alpha value is -1.39. The highest BCUT2D eigenvalue weighted by Crippen LogP contribution is 2.23. The maximum atomic E-state index is 11.1. The molecule has 0 aliphatic carbocycles. The first kappa shape index (κ1) is 12.7. The van der Waals surface area contributed by atoms with Crippen LogP contribution in [0.3, 0.4) is 0 Å². The van der Waals surface area contributed by atoms with Crippen LogP contribution in [0.5, 0.6) is 0 Å². The Morgan fingerprint density at radius 1 is 1.44 bits per heavy atom. The van der Waals surface area contributed by atoms with Gasteiger partial charge >= 0.3 is 5.97 Å². The maximum Gasteiger partial charge on any atom is 0.339 e. The van der Waals surface area contributed by atoms with Crippen LogP contribution in [0.15, 0.2) is 18.2 Å². The van der Waals surface area contributed by atoms with Crippen LogP contribution in [0.1, 0.15) is 28.9 Å². The molecule has 0 saturated carbocycles. The molecule has 1 N–H and O–H groups in total. The fourth-order valence-corrected chi connectivity index (χ4v) is 1.56. The number of aliphatic hydroxyl groups is 1. The van der Waals surface area contributed by atoms with Crippen LogP contribution >= 0.6 is 11.6 Å². The van der Waals surface area contributed by atoms with Crippen LogP contribution in [-0.2, 0) is 9.53 Å². The van der Waals surface area contributed by atoms with Gasteiger partial charge in [-0.25, -0.2) is 4.79 Å². The summed E-state index contributed by atoms with van der Waals surface area (Å²) in [4.78, 5) is 22.2. The number of benzene rings is 1. The van der Waals surface area contributed by atoms with E-state index in [9.17, 15) is 14.7 Å². The number of ether oxygens (including phenoxy) is 1. The molecule has 16 heavy (non-hydrogen) atoms. The van der Waals surface area contributed by atoms with E-state index in [1.54, 1.807) is 0 Å². The lowest BCUT2D eigenvalue weighted by Gasteiger charge is -2.09. The van der Waals surface area contributed by atoms with Gasteiger partial charge in [0.05, 0.1) is 12.1 Å². The summed E-state index contributed by atoms with van der Waals surface area (Å²) in [6.07, 6.45) is -1.39. The van der Waals surface area contributed by atoms with Crippen molar-refractivity contribution in [1.29, 1.82) is 0 Å². The minimum atomic E-state index is -1.39. The predicted octanol–water partition coefficient (Wildman–Crippen LogP) is 1.75. The molecule has 4 nitrogen and oxygen atoms in total. The molecule has 0 aromatic heterocycles. The lowest BCUT2D eigenvalue weighted by Crippen LogP contribution is -2.13. The van der Waals surface area contributed by atoms with Crippen LogP contribution in [-0.4, -0.2) is 24.0 Å². The van der Waals surface area contributed by atoms with Gasteiger partial charge in [-0.2, -0.15) is 0 Å². The SMILES string of the molecule is COC(=O)C(O)c1ccc(C(C)=O)c(Cl)c1. The van der Waals surface area contributed by atoms with Crippen molar-refractivity contribution in [2.24, 2.45) is 0 Å². The Balaban J connectivity index is 3.06. The number of carbonyl (C=O) groups excluding carboxylic acids is 2. The number of esters is 1. The Bertz CT molecular complexity index is 428. The van der Waals surface area contributed by atoms with Crippen molar-refractivity contribution < 1.29 is 19.4 Å². The molecule has 0 fully saturated rings. The molecule has 1 aromatic rings. The van der Waals surface area contributed by atoms with Gasteiger partial charge in [0.2, 0.25) is 0 Å². The Kier molecular flexibility index (Phi) is 4.04. The minimum absolute atomic E-state index is 0.177. The number of aliphatic hydroxyl groups excluding tert-OH is 1. The largest absolute Gasteiger partial charge is 0.467 e. The predicted molar refractivity (Wildman–Crippen MR) is 58.4 cm³/mol. The molecule has 86 valence electrons. The normalized spacial score (nSPS) is 12.0. The van der Waals surface area contributed by atoms with Gasteiger partial charge < -0.3 is 9.84 Å². The monoisotopic (exact) mass is 242 g/mol. The zero-order valence-corrected chi connectivity index (χ0v) is 9.62. The van der Waals surface area contributed by atoms with Gasteiger partial charge in [0.25, 0.3) is 0 Å². The first-order valence-corrected chi connectivity index (χ1v) is 4.91. The summed E-state index contributed by atoms with van der Waals surface area (Å²) in [7, 11) is 1.18. The van der Waals surface area contributed by atoms with Gasteiger partial charge in [0, 0.05) is 5.56 Å². The van der Waals surface area contributed by atoms with E-state index in [0.717, 1.165) is 0 Å². The molecule has 0 spiro atoms. The van der Waals surface area contributed by atoms with Crippen LogP contribution < -0.4 is 0 Å². The van der Waals surface area contributed by atoms with Gasteiger partial charge in [-0.15, -0.1) is 0 Å². The summed E-state index contributed by atoms with van der Waals surface area (Å²) in [5.74, 6) is -0.948. The number of methoxy groups -OCH3 is 1. The number of halogens is 1. The van der Waals surface area contributed by atoms with Crippen LogP contribution in [0.2, 0.25) is 5.02 Å². The molecule has 1 unspecified atom stereocenters. The zero-order valence-electron chi connectivity index (χ0n) is 8.86. The maximum absolute atomic E-state index is 11.1. The molecule has 5 heteroatoms. The van der Waals surface area contributed by atoms with Crippen LogP contribution in [0, 0.1) is 0 Å². The number of ketones is 1. The number of hydrogen-bond acceptors (Lipinski definition) is 4. The average molecular weight is 243 g/mol. The van der Waals surface area contributed by atoms with E-state index >= 15 is 0 Å². The molecule has 0 saturated heterocycles. The standard InChI is InChI=1S/C11H11ClO4/c1-6(13)8-4-3-7(5-9(8)12)10(14)11(15)16-2/h3-5,10,14H,1-2H3. The van der Waals surface area contributed by atoms with Crippen LogP contribution in [0.4, 0.5) is 0 Å². The third kappa shape index (κ3) is 2.59. The molecule has 0 heterocycles. The van der Waals surface area contributed by atoms with Crippen molar-refractivity contribution in [3.8, 4) is 0 Å². The fourth-order valence-electron chi connectivity index (χ4n) is 1.23. The topological polar surface area (TPSA) is 63.6 Å². The number of hydrogen-bond donors (Lipinski definition) is 1. The quantitative estimate of drug-likeness (QED) is 0.648. The number of rotatable bonds is 3. The van der Waals surface area contributed by atoms with Crippen molar-refractivity contribution >= 4 is 23.4 Å². The summed E-state index contributed by atoms with van der Waals surface area (Å²) in [5, 5.41) is 9.73. The second kappa shape index (κ2) is 5.09. The molecule has 0 radical (unpaired) electrons. The van der Waals surface area contributed by atoms with E-state index in [1.807, 2.05) is 0 Å². The average Bonchev–Trinajstić information content (AvgIpc) is 2.26. The second-order valence-corrected chi connectivity index (χ2v) is 3.63. The highest BCUT2D eigenvalue weighted by molar-refractivity contribution is 6.33. The van der Waals surface area contributed by atoms with E-state index in [0.29, 0.717) is 11.1 Å². The Morgan fingerprint density at radius 2 is 2.06 bits per heavy atom. The number of carbonyl (C=O) groups is 2. The molecule has 1 rings (SSSR count). The molecule has 0 aliphatic heterocycles. The minimum Gasteiger partial charge on any atom is -0.467 e. The summed E-state index contributed by atoms with van der Waals surface area (Å²) >= 11 is 5.83. The summed E-state index contributed by atoms with van der Waals surface area (Å²) < 4.78 is 4.39.